The van der Waals surface area contributed by atoms with Crippen LogP contribution in [0.3, 0.4) is 0 Å². The zero-order valence-corrected chi connectivity index (χ0v) is 12.4. The first-order chi connectivity index (χ1) is 11.1. The van der Waals surface area contributed by atoms with Crippen LogP contribution in [0, 0.1) is 0 Å². The summed E-state index contributed by atoms with van der Waals surface area (Å²) in [5.74, 6) is 0.176. The maximum Gasteiger partial charge on any atom is 0.253 e. The van der Waals surface area contributed by atoms with Gasteiger partial charge in [-0.05, 0) is 36.8 Å². The van der Waals surface area contributed by atoms with Gasteiger partial charge in [0.15, 0.2) is 0 Å². The largest absolute Gasteiger partial charge is 0.508 e. The van der Waals surface area contributed by atoms with Gasteiger partial charge in [0.05, 0.1) is 0 Å². The molecule has 0 radical (unpaired) electrons. The lowest BCUT2D eigenvalue weighted by Crippen LogP contribution is -2.37. The Morgan fingerprint density at radius 1 is 0.957 bits per heavy atom. The lowest BCUT2D eigenvalue weighted by molar-refractivity contribution is 0.475. The predicted octanol–water partition coefficient (Wildman–Crippen LogP) is 2.30. The molecule has 0 spiro atoms. The van der Waals surface area contributed by atoms with E-state index in [4.69, 9.17) is 0 Å². The predicted molar refractivity (Wildman–Crippen MR) is 89.0 cm³/mol. The van der Waals surface area contributed by atoms with Crippen LogP contribution in [0.15, 0.2) is 58.4 Å². The van der Waals surface area contributed by atoms with E-state index in [0.29, 0.717) is 5.69 Å². The van der Waals surface area contributed by atoms with Crippen molar-refractivity contribution in [3.63, 3.8) is 0 Å². The van der Waals surface area contributed by atoms with E-state index < -0.39 is 10.9 Å². The molecule has 3 N–H and O–H groups in total. The molecule has 3 aromatic rings. The molecule has 0 aliphatic heterocycles. The number of phenolic OH excluding ortho intramolecular Hbond substituents is 1. The van der Waals surface area contributed by atoms with Gasteiger partial charge in [-0.1, -0.05) is 12.1 Å². The van der Waals surface area contributed by atoms with Crippen LogP contribution in [-0.4, -0.2) is 10.1 Å². The number of pyridine rings is 1. The van der Waals surface area contributed by atoms with Crippen molar-refractivity contribution in [2.75, 3.05) is 10.6 Å². The third-order valence-corrected chi connectivity index (χ3v) is 3.61. The van der Waals surface area contributed by atoms with Gasteiger partial charge in [-0.25, -0.2) is 0 Å². The molecule has 2 aromatic carbocycles. The summed E-state index contributed by atoms with van der Waals surface area (Å²) < 4.78 is 0. The molecule has 0 saturated carbocycles. The van der Waals surface area contributed by atoms with Crippen molar-refractivity contribution in [3.8, 4) is 5.75 Å². The van der Waals surface area contributed by atoms with Crippen LogP contribution in [0.2, 0.25) is 0 Å². The number of rotatable bonds is 5. The Kier molecular flexibility index (Phi) is 3.80. The molecule has 0 amide bonds. The van der Waals surface area contributed by atoms with Crippen molar-refractivity contribution in [1.82, 2.24) is 4.98 Å². The minimum atomic E-state index is -0.540. The lowest BCUT2D eigenvalue weighted by Gasteiger charge is -2.20. The van der Waals surface area contributed by atoms with Crippen molar-refractivity contribution in [3.05, 3.63) is 74.8 Å². The molecule has 6 heteroatoms. The molecule has 1 atom stereocenters. The lowest BCUT2D eigenvalue weighted by atomic mass is 10.1. The summed E-state index contributed by atoms with van der Waals surface area (Å²) in [5, 5.41) is 15.3. The third kappa shape index (κ3) is 2.91. The van der Waals surface area contributed by atoms with E-state index in [-0.39, 0.29) is 23.2 Å². The number of benzene rings is 1. The van der Waals surface area contributed by atoms with Crippen LogP contribution in [-0.2, 0) is 0 Å². The van der Waals surface area contributed by atoms with Gasteiger partial charge in [0.1, 0.15) is 17.1 Å². The maximum absolute atomic E-state index is 11.8. The van der Waals surface area contributed by atoms with Gasteiger partial charge >= 0.3 is 0 Å². The monoisotopic (exact) mass is 309 g/mol. The van der Waals surface area contributed by atoms with E-state index in [1.54, 1.807) is 48.8 Å². The molecule has 1 aromatic heterocycles. The minimum absolute atomic E-state index is 0.176. The second-order valence-corrected chi connectivity index (χ2v) is 5.23. The summed E-state index contributed by atoms with van der Waals surface area (Å²) in [5.41, 5.74) is 1.03. The fourth-order valence-electron chi connectivity index (χ4n) is 2.29. The number of phenols is 1. The first-order valence-electron chi connectivity index (χ1n) is 7.12. The fraction of sp³-hybridized carbons (Fsp3) is 0.118. The molecule has 0 fully saturated rings. The molecular weight excluding hydrogens is 294 g/mol. The molecule has 3 rings (SSSR count). The fourth-order valence-corrected chi connectivity index (χ4v) is 2.29. The third-order valence-electron chi connectivity index (χ3n) is 3.61. The van der Waals surface area contributed by atoms with Gasteiger partial charge in [-0.3, -0.25) is 14.6 Å². The van der Waals surface area contributed by atoms with Crippen molar-refractivity contribution in [2.24, 2.45) is 0 Å². The zero-order chi connectivity index (χ0) is 16.4. The van der Waals surface area contributed by atoms with Crippen LogP contribution in [0.1, 0.15) is 18.5 Å². The van der Waals surface area contributed by atoms with Crippen LogP contribution >= 0.6 is 0 Å². The van der Waals surface area contributed by atoms with Crippen LogP contribution in [0.5, 0.6) is 5.75 Å². The Bertz CT molecular complexity index is 882. The van der Waals surface area contributed by atoms with Gasteiger partial charge in [-0.2, -0.15) is 0 Å². The molecule has 1 heterocycles. The van der Waals surface area contributed by atoms with Gasteiger partial charge in [0.2, 0.25) is 0 Å². The minimum Gasteiger partial charge on any atom is -0.508 e. The Morgan fingerprint density at radius 3 is 2.22 bits per heavy atom. The first kappa shape index (κ1) is 14.8. The number of aromatic nitrogens is 1. The number of nitrogens with one attached hydrogen (secondary N) is 2. The summed E-state index contributed by atoms with van der Waals surface area (Å²) in [7, 11) is 0. The molecule has 116 valence electrons. The average Bonchev–Trinajstić information content (AvgIpc) is 2.59. The second kappa shape index (κ2) is 5.92. The van der Waals surface area contributed by atoms with E-state index >= 15 is 0 Å². The van der Waals surface area contributed by atoms with Crippen molar-refractivity contribution in [1.29, 1.82) is 0 Å². The van der Waals surface area contributed by atoms with Gasteiger partial charge < -0.3 is 15.7 Å². The van der Waals surface area contributed by atoms with E-state index in [0.717, 1.165) is 5.56 Å². The Hall–Kier alpha value is -3.15. The number of anilines is 3. The first-order valence-corrected chi connectivity index (χ1v) is 7.12. The molecule has 0 aliphatic carbocycles. The van der Waals surface area contributed by atoms with E-state index in [1.807, 2.05) is 6.92 Å². The molecule has 0 bridgehead atoms. The summed E-state index contributed by atoms with van der Waals surface area (Å²) in [6, 6.07) is 9.91. The quantitative estimate of drug-likeness (QED) is 0.626. The van der Waals surface area contributed by atoms with Crippen molar-refractivity contribution >= 4 is 17.1 Å². The highest BCUT2D eigenvalue weighted by Crippen LogP contribution is 2.25. The molecule has 6 nitrogen and oxygen atoms in total. The Labute approximate surface area is 132 Å². The molecule has 23 heavy (non-hydrogen) atoms. The number of aromatic hydroxyl groups is 1. The topological polar surface area (TPSA) is 91.3 Å². The summed E-state index contributed by atoms with van der Waals surface area (Å²) in [4.78, 5) is 27.5. The van der Waals surface area contributed by atoms with Crippen LogP contribution in [0.4, 0.5) is 17.1 Å². The summed E-state index contributed by atoms with van der Waals surface area (Å²) in [6.45, 7) is 1.87. The smallest absolute Gasteiger partial charge is 0.253 e. The number of nitrogens with zero attached hydrogens (tertiary/aromatic N) is 1. The number of hydrogen-bond acceptors (Lipinski definition) is 6. The molecule has 0 aliphatic rings. The van der Waals surface area contributed by atoms with E-state index in [2.05, 4.69) is 15.6 Å². The highest BCUT2D eigenvalue weighted by atomic mass is 16.3. The second-order valence-electron chi connectivity index (χ2n) is 5.23. The van der Waals surface area contributed by atoms with E-state index in [9.17, 15) is 14.7 Å². The highest BCUT2D eigenvalue weighted by molar-refractivity contribution is 5.78. The molecular formula is C17H15N3O3. The zero-order valence-electron chi connectivity index (χ0n) is 12.4. The summed E-state index contributed by atoms with van der Waals surface area (Å²) >= 11 is 0. The van der Waals surface area contributed by atoms with Gasteiger partial charge in [0, 0.05) is 24.1 Å². The van der Waals surface area contributed by atoms with Gasteiger partial charge in [0.25, 0.3) is 10.9 Å². The summed E-state index contributed by atoms with van der Waals surface area (Å²) in [6.07, 6.45) is 3.19. The number of hydrogen-bond donors (Lipinski definition) is 3. The molecule has 0 saturated heterocycles. The van der Waals surface area contributed by atoms with Crippen LogP contribution in [0.25, 0.3) is 0 Å². The highest BCUT2D eigenvalue weighted by Gasteiger charge is 2.22. The Morgan fingerprint density at radius 2 is 1.57 bits per heavy atom. The average molecular weight is 309 g/mol. The molecule has 0 unspecified atom stereocenters. The van der Waals surface area contributed by atoms with Crippen molar-refractivity contribution in [2.45, 2.75) is 13.0 Å². The SMILES string of the molecule is C[C@@H](Nc1c(Nc2ccncc2)c(=O)c1=O)c1ccc(O)cc1. The Balaban J connectivity index is 1.81. The van der Waals surface area contributed by atoms with Crippen LogP contribution < -0.4 is 21.5 Å². The van der Waals surface area contributed by atoms with Crippen molar-refractivity contribution < 1.29 is 5.11 Å². The normalized spacial score (nSPS) is 12.0. The van der Waals surface area contributed by atoms with Gasteiger partial charge in [-0.15, -0.1) is 0 Å². The van der Waals surface area contributed by atoms with E-state index in [1.165, 1.54) is 0 Å². The standard InChI is InChI=1S/C17H15N3O3/c1-10(11-2-4-13(21)5-3-11)19-14-15(17(23)16(14)22)20-12-6-8-18-9-7-12/h2-10,19,21H,1H3,(H,18,20)/t10-/m1/s1. The maximum atomic E-state index is 11.8.